The van der Waals surface area contributed by atoms with Crippen LogP contribution in [-0.2, 0) is 9.47 Å². The maximum atomic E-state index is 12.4. The minimum atomic E-state index is -3.33. The molecule has 0 spiro atoms. The maximum absolute atomic E-state index is 12.4. The van der Waals surface area contributed by atoms with Gasteiger partial charge in [-0.15, -0.1) is 0 Å². The van der Waals surface area contributed by atoms with E-state index in [1.165, 1.54) is 13.8 Å². The van der Waals surface area contributed by atoms with E-state index in [0.29, 0.717) is 0 Å². The van der Waals surface area contributed by atoms with Crippen molar-refractivity contribution >= 4 is 0 Å². The first-order chi connectivity index (χ1) is 4.33. The van der Waals surface area contributed by atoms with E-state index in [2.05, 4.69) is 16.1 Å². The van der Waals surface area contributed by atoms with Crippen molar-refractivity contribution in [3.05, 3.63) is 12.3 Å². The fraction of sp³-hybridized carbons (Fsp3) is 0.667. The van der Waals surface area contributed by atoms with E-state index in [-0.39, 0.29) is 0 Å². The molecule has 0 amide bonds. The van der Waals surface area contributed by atoms with E-state index < -0.39 is 17.7 Å². The first-order valence-corrected chi connectivity index (χ1v) is 2.80. The van der Waals surface area contributed by atoms with Crippen molar-refractivity contribution < 1.29 is 18.3 Å². The van der Waals surface area contributed by atoms with Crippen LogP contribution in [0, 0.1) is 0 Å². The molecule has 1 aliphatic rings. The van der Waals surface area contributed by atoms with Gasteiger partial charge in [0.05, 0.1) is 0 Å². The van der Waals surface area contributed by atoms with E-state index in [9.17, 15) is 8.78 Å². The molecular formula is C6H8F2O2. The van der Waals surface area contributed by atoms with Crippen molar-refractivity contribution in [2.45, 2.75) is 25.7 Å². The Labute approximate surface area is 57.4 Å². The second-order valence-electron chi connectivity index (χ2n) is 2.54. The molecule has 1 saturated heterocycles. The van der Waals surface area contributed by atoms with E-state index in [4.69, 9.17) is 0 Å². The molecule has 4 heteroatoms. The summed E-state index contributed by atoms with van der Waals surface area (Å²) in [5.41, 5.74) is 0. The van der Waals surface area contributed by atoms with Crippen molar-refractivity contribution in [3.8, 4) is 0 Å². The first kappa shape index (κ1) is 7.47. The molecule has 0 saturated carbocycles. The van der Waals surface area contributed by atoms with Crippen molar-refractivity contribution in [2.75, 3.05) is 0 Å². The molecule has 0 bridgehead atoms. The van der Waals surface area contributed by atoms with Crippen LogP contribution in [0.1, 0.15) is 13.8 Å². The van der Waals surface area contributed by atoms with Crippen molar-refractivity contribution in [2.24, 2.45) is 0 Å². The lowest BCUT2D eigenvalue weighted by Crippen LogP contribution is -2.24. The predicted molar refractivity (Wildman–Crippen MR) is 30.3 cm³/mol. The maximum Gasteiger partial charge on any atom is 0.417 e. The molecule has 0 aliphatic carbocycles. The average Bonchev–Trinajstić information content (AvgIpc) is 1.73. The number of alkyl halides is 2. The number of rotatable bonds is 0. The molecular weight excluding hydrogens is 142 g/mol. The van der Waals surface area contributed by atoms with Gasteiger partial charge in [0.1, 0.15) is 0 Å². The summed E-state index contributed by atoms with van der Waals surface area (Å²) in [6, 6.07) is 0. The highest BCUT2D eigenvalue weighted by atomic mass is 19.3. The molecule has 1 rings (SSSR count). The Bertz CT molecular complexity index is 175. The van der Waals surface area contributed by atoms with Crippen LogP contribution in [0.3, 0.4) is 0 Å². The Balaban J connectivity index is 2.81. The van der Waals surface area contributed by atoms with E-state index >= 15 is 0 Å². The lowest BCUT2D eigenvalue weighted by Gasteiger charge is -2.14. The number of halogens is 2. The summed E-state index contributed by atoms with van der Waals surface area (Å²) in [7, 11) is 0. The van der Waals surface area contributed by atoms with Crippen LogP contribution in [0.15, 0.2) is 12.3 Å². The Morgan fingerprint density at radius 2 is 1.90 bits per heavy atom. The summed E-state index contributed by atoms with van der Waals surface area (Å²) in [5, 5.41) is 0. The van der Waals surface area contributed by atoms with E-state index in [0.717, 1.165) is 0 Å². The fourth-order valence-electron chi connectivity index (χ4n) is 0.743. The minimum Gasteiger partial charge on any atom is -0.458 e. The molecule has 58 valence electrons. The molecule has 0 atom stereocenters. The molecule has 10 heavy (non-hydrogen) atoms. The second kappa shape index (κ2) is 1.69. The molecule has 0 aromatic heterocycles. The van der Waals surface area contributed by atoms with Gasteiger partial charge in [-0.1, -0.05) is 6.58 Å². The Kier molecular flexibility index (Phi) is 1.26. The summed E-state index contributed by atoms with van der Waals surface area (Å²) >= 11 is 0. The highest BCUT2D eigenvalue weighted by Crippen LogP contribution is 2.40. The molecule has 0 radical (unpaired) electrons. The van der Waals surface area contributed by atoms with Crippen LogP contribution in [0.4, 0.5) is 8.78 Å². The third kappa shape index (κ3) is 1.11. The van der Waals surface area contributed by atoms with Gasteiger partial charge in [0.25, 0.3) is 0 Å². The molecule has 0 aromatic carbocycles. The van der Waals surface area contributed by atoms with Gasteiger partial charge in [0, 0.05) is 13.8 Å². The highest BCUT2D eigenvalue weighted by Gasteiger charge is 2.51. The monoisotopic (exact) mass is 150 g/mol. The molecule has 1 heterocycles. The summed E-state index contributed by atoms with van der Waals surface area (Å²) in [6.45, 7) is 5.81. The largest absolute Gasteiger partial charge is 0.458 e. The summed E-state index contributed by atoms with van der Waals surface area (Å²) in [5.74, 6) is -1.88. The minimum absolute atomic E-state index is 0.627. The number of hydrogen-bond acceptors (Lipinski definition) is 2. The van der Waals surface area contributed by atoms with Crippen molar-refractivity contribution in [3.63, 3.8) is 0 Å². The van der Waals surface area contributed by atoms with Crippen LogP contribution >= 0.6 is 0 Å². The zero-order valence-electron chi connectivity index (χ0n) is 5.78. The highest BCUT2D eigenvalue weighted by molar-refractivity contribution is 4.99. The number of hydrogen-bond donors (Lipinski definition) is 0. The van der Waals surface area contributed by atoms with E-state index in [1.807, 2.05) is 0 Å². The molecule has 0 unspecified atom stereocenters. The van der Waals surface area contributed by atoms with Gasteiger partial charge in [0.15, 0.2) is 5.76 Å². The Hall–Kier alpha value is -0.640. The molecule has 2 nitrogen and oxygen atoms in total. The summed E-state index contributed by atoms with van der Waals surface area (Å²) in [4.78, 5) is 0. The van der Waals surface area contributed by atoms with Crippen LogP contribution in [0.25, 0.3) is 0 Å². The van der Waals surface area contributed by atoms with Gasteiger partial charge in [-0.05, 0) is 0 Å². The van der Waals surface area contributed by atoms with Gasteiger partial charge >= 0.3 is 6.11 Å². The lowest BCUT2D eigenvalue weighted by molar-refractivity contribution is -0.251. The Morgan fingerprint density at radius 3 is 2.00 bits per heavy atom. The van der Waals surface area contributed by atoms with Gasteiger partial charge < -0.3 is 4.74 Å². The smallest absolute Gasteiger partial charge is 0.417 e. The third-order valence-corrected chi connectivity index (χ3v) is 1.07. The van der Waals surface area contributed by atoms with Crippen LogP contribution in [0.2, 0.25) is 0 Å². The lowest BCUT2D eigenvalue weighted by atomic mass is 10.4. The van der Waals surface area contributed by atoms with Crippen LogP contribution in [0.5, 0.6) is 0 Å². The fourth-order valence-corrected chi connectivity index (χ4v) is 0.743. The predicted octanol–water partition coefficient (Wildman–Crippen LogP) is 1.88. The molecule has 0 N–H and O–H groups in total. The van der Waals surface area contributed by atoms with Gasteiger partial charge in [-0.25, -0.2) is 0 Å². The van der Waals surface area contributed by atoms with E-state index in [1.54, 1.807) is 0 Å². The number of ether oxygens (including phenoxy) is 2. The third-order valence-electron chi connectivity index (χ3n) is 1.07. The SMILES string of the molecule is C=C1OC(C)(C)OC1(F)F. The van der Waals surface area contributed by atoms with Crippen LogP contribution < -0.4 is 0 Å². The van der Waals surface area contributed by atoms with Crippen molar-refractivity contribution in [1.82, 2.24) is 0 Å². The quantitative estimate of drug-likeness (QED) is 0.524. The van der Waals surface area contributed by atoms with Crippen LogP contribution in [-0.4, -0.2) is 11.9 Å². The Morgan fingerprint density at radius 1 is 1.40 bits per heavy atom. The zero-order chi connectivity index (χ0) is 7.99. The molecule has 0 aromatic rings. The molecule has 1 aliphatic heterocycles. The zero-order valence-corrected chi connectivity index (χ0v) is 5.78. The van der Waals surface area contributed by atoms with Gasteiger partial charge in [-0.3, -0.25) is 4.74 Å². The standard InChI is InChI=1S/C6H8F2O2/c1-4-6(7,8)10-5(2,3)9-4/h1H2,2-3H3. The summed E-state index contributed by atoms with van der Waals surface area (Å²) < 4.78 is 33.6. The summed E-state index contributed by atoms with van der Waals surface area (Å²) in [6.07, 6.45) is -3.33. The molecule has 1 fully saturated rings. The van der Waals surface area contributed by atoms with Gasteiger partial charge in [0.2, 0.25) is 5.79 Å². The normalized spacial score (nSPS) is 28.2. The topological polar surface area (TPSA) is 18.5 Å². The van der Waals surface area contributed by atoms with Crippen molar-refractivity contribution in [1.29, 1.82) is 0 Å². The first-order valence-electron chi connectivity index (χ1n) is 2.80. The van der Waals surface area contributed by atoms with Gasteiger partial charge in [-0.2, -0.15) is 8.78 Å². The second-order valence-corrected chi connectivity index (χ2v) is 2.54. The average molecular weight is 150 g/mol.